The second kappa shape index (κ2) is 5.18. The summed E-state index contributed by atoms with van der Waals surface area (Å²) in [7, 11) is 0. The third kappa shape index (κ3) is 2.65. The summed E-state index contributed by atoms with van der Waals surface area (Å²) in [5.41, 5.74) is 0.170. The first-order chi connectivity index (χ1) is 10.4. The molecule has 0 bridgehead atoms. The first-order valence-electron chi connectivity index (χ1n) is 6.36. The first kappa shape index (κ1) is 14.1. The van der Waals surface area contributed by atoms with E-state index in [1.807, 2.05) is 0 Å². The smallest absolute Gasteiger partial charge is 0.349 e. The summed E-state index contributed by atoms with van der Waals surface area (Å²) in [4.78, 5) is 19.0. The second-order valence-corrected chi connectivity index (χ2v) is 4.62. The van der Waals surface area contributed by atoms with Gasteiger partial charge in [0, 0.05) is 6.20 Å². The number of amides is 1. The lowest BCUT2D eigenvalue weighted by atomic mass is 10.1. The molecule has 2 heterocycles. The number of carbonyl (C=O) groups excluding carboxylic acids is 1. The molecule has 0 aliphatic carbocycles. The third-order valence-electron chi connectivity index (χ3n) is 3.11. The van der Waals surface area contributed by atoms with Crippen LogP contribution >= 0.6 is 0 Å². The fraction of sp³-hybridized carbons (Fsp3) is 0.0667. The van der Waals surface area contributed by atoms with Gasteiger partial charge in [-0.1, -0.05) is 12.1 Å². The highest BCUT2D eigenvalue weighted by atomic mass is 19.4. The minimum absolute atomic E-state index is 0.144. The number of carbonyl (C=O) groups is 1. The van der Waals surface area contributed by atoms with Crippen LogP contribution in [0.5, 0.6) is 0 Å². The van der Waals surface area contributed by atoms with Crippen molar-refractivity contribution in [3.05, 3.63) is 59.9 Å². The number of benzene rings is 1. The van der Waals surface area contributed by atoms with E-state index >= 15 is 0 Å². The molecule has 4 nitrogen and oxygen atoms in total. The standard InChI is InChI=1S/C15H10F3N3O/c16-15(17,18)9-4-1-2-5-10(9)21-14(22)13-8-12-11(20-13)6-3-7-19-12/h1-8,20H,(H,21,22). The summed E-state index contributed by atoms with van der Waals surface area (Å²) in [6.45, 7) is 0. The van der Waals surface area contributed by atoms with Gasteiger partial charge >= 0.3 is 6.18 Å². The zero-order chi connectivity index (χ0) is 15.7. The van der Waals surface area contributed by atoms with Gasteiger partial charge in [-0.3, -0.25) is 9.78 Å². The van der Waals surface area contributed by atoms with Crippen LogP contribution in [0, 0.1) is 0 Å². The first-order valence-corrected chi connectivity index (χ1v) is 6.36. The summed E-state index contributed by atoms with van der Waals surface area (Å²) >= 11 is 0. The van der Waals surface area contributed by atoms with Gasteiger partial charge in [-0.2, -0.15) is 13.2 Å². The molecule has 0 saturated heterocycles. The Bertz CT molecular complexity index is 806. The van der Waals surface area contributed by atoms with Crippen LogP contribution in [0.1, 0.15) is 16.1 Å². The number of fused-ring (bicyclic) bond motifs is 1. The van der Waals surface area contributed by atoms with Crippen LogP contribution in [-0.4, -0.2) is 15.9 Å². The van der Waals surface area contributed by atoms with Crippen LogP contribution in [0.4, 0.5) is 18.9 Å². The van der Waals surface area contributed by atoms with Crippen molar-refractivity contribution in [1.82, 2.24) is 9.97 Å². The van der Waals surface area contributed by atoms with Crippen molar-refractivity contribution >= 4 is 22.6 Å². The summed E-state index contributed by atoms with van der Waals surface area (Å²) < 4.78 is 38.7. The number of alkyl halides is 3. The number of anilines is 1. The number of nitrogens with zero attached hydrogens (tertiary/aromatic N) is 1. The van der Waals surface area contributed by atoms with Crippen molar-refractivity contribution in [2.45, 2.75) is 6.18 Å². The molecule has 0 fully saturated rings. The minimum Gasteiger partial charge on any atom is -0.349 e. The van der Waals surface area contributed by atoms with Crippen molar-refractivity contribution in [3.63, 3.8) is 0 Å². The Morgan fingerprint density at radius 2 is 1.91 bits per heavy atom. The van der Waals surface area contributed by atoms with Crippen LogP contribution in [0.25, 0.3) is 11.0 Å². The number of rotatable bonds is 2. The average Bonchev–Trinajstić information content (AvgIpc) is 2.90. The number of hydrogen-bond donors (Lipinski definition) is 2. The lowest BCUT2D eigenvalue weighted by molar-refractivity contribution is -0.136. The highest BCUT2D eigenvalue weighted by Gasteiger charge is 2.33. The third-order valence-corrected chi connectivity index (χ3v) is 3.11. The van der Waals surface area contributed by atoms with Gasteiger partial charge < -0.3 is 10.3 Å². The summed E-state index contributed by atoms with van der Waals surface area (Å²) in [5, 5.41) is 2.28. The van der Waals surface area contributed by atoms with E-state index in [-0.39, 0.29) is 11.4 Å². The molecule has 1 amide bonds. The van der Waals surface area contributed by atoms with E-state index in [0.717, 1.165) is 6.07 Å². The fourth-order valence-electron chi connectivity index (χ4n) is 2.11. The quantitative estimate of drug-likeness (QED) is 0.756. The zero-order valence-corrected chi connectivity index (χ0v) is 11.1. The van der Waals surface area contributed by atoms with Gasteiger partial charge in [0.15, 0.2) is 0 Å². The Hall–Kier alpha value is -2.83. The van der Waals surface area contributed by atoms with Gasteiger partial charge in [0.05, 0.1) is 22.3 Å². The number of pyridine rings is 1. The number of hydrogen-bond acceptors (Lipinski definition) is 2. The molecular weight excluding hydrogens is 295 g/mol. The van der Waals surface area contributed by atoms with Crippen LogP contribution in [0.15, 0.2) is 48.7 Å². The summed E-state index contributed by atoms with van der Waals surface area (Å²) in [5.74, 6) is -0.658. The number of halogens is 3. The molecular formula is C15H10F3N3O. The van der Waals surface area contributed by atoms with Crippen molar-refractivity contribution in [3.8, 4) is 0 Å². The van der Waals surface area contributed by atoms with Crippen molar-refractivity contribution in [2.75, 3.05) is 5.32 Å². The molecule has 3 rings (SSSR count). The molecule has 7 heteroatoms. The average molecular weight is 305 g/mol. The van der Waals surface area contributed by atoms with Crippen molar-refractivity contribution < 1.29 is 18.0 Å². The van der Waals surface area contributed by atoms with E-state index in [4.69, 9.17) is 0 Å². The highest BCUT2D eigenvalue weighted by molar-refractivity contribution is 6.05. The Morgan fingerprint density at radius 3 is 2.64 bits per heavy atom. The van der Waals surface area contributed by atoms with E-state index in [9.17, 15) is 18.0 Å². The molecule has 0 spiro atoms. The van der Waals surface area contributed by atoms with Crippen LogP contribution < -0.4 is 5.32 Å². The predicted octanol–water partition coefficient (Wildman–Crippen LogP) is 3.83. The molecule has 1 aromatic carbocycles. The molecule has 0 radical (unpaired) electrons. The topological polar surface area (TPSA) is 57.8 Å². The second-order valence-electron chi connectivity index (χ2n) is 4.62. The van der Waals surface area contributed by atoms with E-state index in [0.29, 0.717) is 11.0 Å². The molecule has 2 aromatic heterocycles. The van der Waals surface area contributed by atoms with Gasteiger partial charge in [0.25, 0.3) is 5.91 Å². The van der Waals surface area contributed by atoms with Gasteiger partial charge in [-0.15, -0.1) is 0 Å². The van der Waals surface area contributed by atoms with E-state index in [2.05, 4.69) is 15.3 Å². The Labute approximate surface area is 123 Å². The zero-order valence-electron chi connectivity index (χ0n) is 11.1. The summed E-state index contributed by atoms with van der Waals surface area (Å²) in [6, 6.07) is 9.73. The fourth-order valence-corrected chi connectivity index (χ4v) is 2.11. The van der Waals surface area contributed by atoms with Gasteiger partial charge in [-0.05, 0) is 30.3 Å². The molecule has 3 aromatic rings. The highest BCUT2D eigenvalue weighted by Crippen LogP contribution is 2.34. The van der Waals surface area contributed by atoms with E-state index in [1.165, 1.54) is 24.3 Å². The number of H-pyrrole nitrogens is 1. The molecule has 22 heavy (non-hydrogen) atoms. The van der Waals surface area contributed by atoms with E-state index in [1.54, 1.807) is 18.3 Å². The maximum atomic E-state index is 12.9. The largest absolute Gasteiger partial charge is 0.418 e. The minimum atomic E-state index is -4.54. The number of nitrogens with one attached hydrogen (secondary N) is 2. The SMILES string of the molecule is O=C(Nc1ccccc1C(F)(F)F)c1cc2ncccc2[nH]1. The Kier molecular flexibility index (Phi) is 3.32. The lowest BCUT2D eigenvalue weighted by Crippen LogP contribution is -2.16. The molecule has 0 aliphatic heterocycles. The molecule has 0 unspecified atom stereocenters. The van der Waals surface area contributed by atoms with Crippen LogP contribution in [0.3, 0.4) is 0 Å². The molecule has 0 atom stereocenters. The van der Waals surface area contributed by atoms with Crippen molar-refractivity contribution in [2.24, 2.45) is 0 Å². The number of aromatic amines is 1. The van der Waals surface area contributed by atoms with E-state index < -0.39 is 17.6 Å². The number of aromatic nitrogens is 2. The van der Waals surface area contributed by atoms with Gasteiger partial charge in [0.2, 0.25) is 0 Å². The van der Waals surface area contributed by atoms with Gasteiger partial charge in [0.1, 0.15) is 5.69 Å². The monoisotopic (exact) mass is 305 g/mol. The maximum Gasteiger partial charge on any atom is 0.418 e. The normalized spacial score (nSPS) is 11.6. The maximum absolute atomic E-state index is 12.9. The van der Waals surface area contributed by atoms with Gasteiger partial charge in [-0.25, -0.2) is 0 Å². The Balaban J connectivity index is 1.92. The van der Waals surface area contributed by atoms with Crippen molar-refractivity contribution in [1.29, 1.82) is 0 Å². The molecule has 0 saturated carbocycles. The van der Waals surface area contributed by atoms with Crippen LogP contribution in [0.2, 0.25) is 0 Å². The molecule has 2 N–H and O–H groups in total. The predicted molar refractivity (Wildman–Crippen MR) is 75.5 cm³/mol. The Morgan fingerprint density at radius 1 is 1.14 bits per heavy atom. The summed E-state index contributed by atoms with van der Waals surface area (Å²) in [6.07, 6.45) is -2.97. The number of para-hydroxylation sites is 1. The van der Waals surface area contributed by atoms with Crippen LogP contribution in [-0.2, 0) is 6.18 Å². The molecule has 0 aliphatic rings. The molecule has 112 valence electrons. The lowest BCUT2D eigenvalue weighted by Gasteiger charge is -2.12.